The number of benzene rings is 2. The van der Waals surface area contributed by atoms with Gasteiger partial charge >= 0.3 is 5.69 Å². The molecule has 7 nitrogen and oxygen atoms in total. The number of nitro benzene ring substituents is 1. The lowest BCUT2D eigenvalue weighted by Gasteiger charge is -2.23. The maximum atomic E-state index is 12.5. The molecule has 2 rings (SSSR count). The third kappa shape index (κ3) is 5.77. The van der Waals surface area contributed by atoms with Crippen molar-refractivity contribution in [1.29, 1.82) is 0 Å². The zero-order valence-corrected chi connectivity index (χ0v) is 17.6. The Balaban J connectivity index is 2.08. The monoisotopic (exact) mass is 399 g/mol. The summed E-state index contributed by atoms with van der Waals surface area (Å²) in [5.41, 5.74) is 3.38. The zero-order valence-electron chi connectivity index (χ0n) is 17.6. The molecule has 0 aliphatic heterocycles. The second-order valence-electron chi connectivity index (χ2n) is 7.34. The smallest absolute Gasteiger partial charge is 0.311 e. The van der Waals surface area contributed by atoms with Crippen LogP contribution in [0.2, 0.25) is 0 Å². The van der Waals surface area contributed by atoms with Crippen LogP contribution in [0.3, 0.4) is 0 Å². The maximum Gasteiger partial charge on any atom is 0.311 e. The van der Waals surface area contributed by atoms with Crippen molar-refractivity contribution in [3.8, 4) is 5.75 Å². The first-order valence-corrected chi connectivity index (χ1v) is 9.71. The number of aryl methyl sites for hydroxylation is 2. The van der Waals surface area contributed by atoms with E-state index in [2.05, 4.69) is 55.7 Å². The molecule has 0 heterocycles. The number of amides is 1. The molecule has 0 aliphatic rings. The van der Waals surface area contributed by atoms with E-state index in [1.165, 1.54) is 24.8 Å². The largest absolute Gasteiger partial charge is 0.490 e. The third-order valence-electron chi connectivity index (χ3n) is 4.89. The van der Waals surface area contributed by atoms with Crippen LogP contribution in [0.1, 0.15) is 43.5 Å². The molecule has 2 N–H and O–H groups in total. The number of carbonyl (C=O) groups excluding carboxylic acids is 1. The van der Waals surface area contributed by atoms with E-state index in [1.54, 1.807) is 6.92 Å². The molecule has 0 bridgehead atoms. The molecule has 0 fully saturated rings. The Hall–Kier alpha value is -2.93. The first-order chi connectivity index (χ1) is 13.8. The number of nitrogens with zero attached hydrogens (tertiary/aromatic N) is 1. The van der Waals surface area contributed by atoms with E-state index in [-0.39, 0.29) is 29.9 Å². The Kier molecular flexibility index (Phi) is 7.73. The molecule has 0 aliphatic carbocycles. The Morgan fingerprint density at radius 3 is 2.38 bits per heavy atom. The summed E-state index contributed by atoms with van der Waals surface area (Å²) in [5.74, 6) is 0.191. The number of ether oxygens (including phenoxy) is 1. The number of carbonyl (C=O) groups is 1. The number of nitrogens with one attached hydrogen (secondary N) is 2. The summed E-state index contributed by atoms with van der Waals surface area (Å²) >= 11 is 0. The van der Waals surface area contributed by atoms with E-state index in [0.29, 0.717) is 17.2 Å². The van der Waals surface area contributed by atoms with Gasteiger partial charge in [-0.25, -0.2) is 0 Å². The van der Waals surface area contributed by atoms with Crippen molar-refractivity contribution >= 4 is 17.3 Å². The second-order valence-corrected chi connectivity index (χ2v) is 7.34. The van der Waals surface area contributed by atoms with E-state index >= 15 is 0 Å². The highest BCUT2D eigenvalue weighted by Gasteiger charge is 2.20. The van der Waals surface area contributed by atoms with Crippen molar-refractivity contribution in [3.05, 3.63) is 63.2 Å². The molecule has 29 heavy (non-hydrogen) atoms. The Labute approximate surface area is 171 Å². The van der Waals surface area contributed by atoms with Gasteiger partial charge in [-0.15, -0.1) is 0 Å². The van der Waals surface area contributed by atoms with Gasteiger partial charge in [-0.05, 0) is 36.0 Å². The summed E-state index contributed by atoms with van der Waals surface area (Å²) in [6, 6.07) is 11.3. The highest BCUT2D eigenvalue weighted by atomic mass is 16.6. The molecule has 1 atom stereocenters. The van der Waals surface area contributed by atoms with Crippen molar-refractivity contribution in [1.82, 2.24) is 5.32 Å². The van der Waals surface area contributed by atoms with Crippen LogP contribution in [-0.4, -0.2) is 24.5 Å². The summed E-state index contributed by atoms with van der Waals surface area (Å²) in [7, 11) is 1.36. The zero-order chi connectivity index (χ0) is 21.6. The van der Waals surface area contributed by atoms with E-state index in [1.807, 2.05) is 0 Å². The first kappa shape index (κ1) is 22.4. The van der Waals surface area contributed by atoms with Crippen LogP contribution in [0.4, 0.5) is 11.4 Å². The van der Waals surface area contributed by atoms with Gasteiger partial charge in [0, 0.05) is 23.9 Å². The molecule has 0 saturated heterocycles. The van der Waals surface area contributed by atoms with Crippen molar-refractivity contribution in [2.45, 2.75) is 40.2 Å². The topological polar surface area (TPSA) is 93.5 Å². The molecule has 0 radical (unpaired) electrons. The fourth-order valence-electron chi connectivity index (χ4n) is 3.21. The van der Waals surface area contributed by atoms with Crippen LogP contribution in [0.25, 0.3) is 0 Å². The van der Waals surface area contributed by atoms with E-state index in [4.69, 9.17) is 4.74 Å². The quantitative estimate of drug-likeness (QED) is 0.481. The average molecular weight is 399 g/mol. The molecule has 156 valence electrons. The number of hydrogen-bond donors (Lipinski definition) is 2. The first-order valence-electron chi connectivity index (χ1n) is 9.71. The lowest BCUT2D eigenvalue weighted by molar-refractivity contribution is -0.385. The molecular formula is C22H29N3O4. The van der Waals surface area contributed by atoms with Crippen LogP contribution in [0.15, 0.2) is 36.4 Å². The molecule has 0 unspecified atom stereocenters. The fraction of sp³-hybridized carbons (Fsp3) is 0.409. The van der Waals surface area contributed by atoms with Crippen LogP contribution < -0.4 is 15.4 Å². The lowest BCUT2D eigenvalue weighted by Crippen LogP contribution is -2.33. The number of anilines is 1. The SMILES string of the molecule is CCc1ccc([C@@H](NCC(=O)Nc2cc(OC)c([N+](=O)[O-])cc2C)C(C)C)cc1. The number of nitro groups is 1. The summed E-state index contributed by atoms with van der Waals surface area (Å²) in [5, 5.41) is 17.2. The molecule has 0 aromatic heterocycles. The fourth-order valence-corrected chi connectivity index (χ4v) is 3.21. The normalized spacial score (nSPS) is 11.9. The number of methoxy groups -OCH3 is 1. The summed E-state index contributed by atoms with van der Waals surface area (Å²) in [6.45, 7) is 8.16. The minimum absolute atomic E-state index is 0.0409. The molecular weight excluding hydrogens is 370 g/mol. The Bertz CT molecular complexity index is 863. The van der Waals surface area contributed by atoms with Gasteiger partial charge in [0.1, 0.15) is 0 Å². The van der Waals surface area contributed by atoms with Crippen molar-refractivity contribution in [2.24, 2.45) is 5.92 Å². The average Bonchev–Trinajstić information content (AvgIpc) is 2.69. The van der Waals surface area contributed by atoms with Gasteiger partial charge in [0.25, 0.3) is 0 Å². The summed E-state index contributed by atoms with van der Waals surface area (Å²) in [6.07, 6.45) is 0.987. The third-order valence-corrected chi connectivity index (χ3v) is 4.89. The second kappa shape index (κ2) is 10.0. The Morgan fingerprint density at radius 2 is 1.86 bits per heavy atom. The number of rotatable bonds is 9. The number of hydrogen-bond acceptors (Lipinski definition) is 5. The molecule has 0 spiro atoms. The van der Waals surface area contributed by atoms with Crippen molar-refractivity contribution in [2.75, 3.05) is 19.0 Å². The molecule has 1 amide bonds. The van der Waals surface area contributed by atoms with Gasteiger partial charge in [-0.1, -0.05) is 45.0 Å². The predicted molar refractivity (Wildman–Crippen MR) is 114 cm³/mol. The van der Waals surface area contributed by atoms with E-state index in [9.17, 15) is 14.9 Å². The van der Waals surface area contributed by atoms with Gasteiger partial charge in [-0.3, -0.25) is 14.9 Å². The van der Waals surface area contributed by atoms with Gasteiger partial charge in [0.05, 0.1) is 18.6 Å². The summed E-state index contributed by atoms with van der Waals surface area (Å²) in [4.78, 5) is 23.1. The summed E-state index contributed by atoms with van der Waals surface area (Å²) < 4.78 is 5.08. The van der Waals surface area contributed by atoms with Crippen molar-refractivity contribution in [3.63, 3.8) is 0 Å². The van der Waals surface area contributed by atoms with Gasteiger partial charge in [0.2, 0.25) is 5.91 Å². The Morgan fingerprint density at radius 1 is 1.21 bits per heavy atom. The van der Waals surface area contributed by atoms with Gasteiger partial charge in [0.15, 0.2) is 5.75 Å². The molecule has 2 aromatic rings. The molecule has 7 heteroatoms. The lowest BCUT2D eigenvalue weighted by atomic mass is 9.95. The van der Waals surface area contributed by atoms with E-state index in [0.717, 1.165) is 12.0 Å². The van der Waals surface area contributed by atoms with Crippen molar-refractivity contribution < 1.29 is 14.5 Å². The highest BCUT2D eigenvalue weighted by Crippen LogP contribution is 2.32. The minimum atomic E-state index is -0.504. The van der Waals surface area contributed by atoms with Crippen LogP contribution >= 0.6 is 0 Å². The maximum absolute atomic E-state index is 12.5. The molecule has 2 aromatic carbocycles. The minimum Gasteiger partial charge on any atom is -0.490 e. The van der Waals surface area contributed by atoms with Crippen LogP contribution in [-0.2, 0) is 11.2 Å². The molecule has 0 saturated carbocycles. The van der Waals surface area contributed by atoms with Gasteiger partial charge < -0.3 is 15.4 Å². The standard InChI is InChI=1S/C22H29N3O4/c1-6-16-7-9-17(10-8-16)22(14(2)3)23-13-21(26)24-18-12-20(29-5)19(25(27)28)11-15(18)4/h7-12,14,22-23H,6,13H2,1-5H3,(H,24,26)/t22-/m0/s1. The van der Waals surface area contributed by atoms with E-state index < -0.39 is 4.92 Å². The van der Waals surface area contributed by atoms with Crippen LogP contribution in [0.5, 0.6) is 5.75 Å². The van der Waals surface area contributed by atoms with Gasteiger partial charge in [-0.2, -0.15) is 0 Å². The van der Waals surface area contributed by atoms with Crippen LogP contribution in [0, 0.1) is 23.0 Å². The highest BCUT2D eigenvalue weighted by molar-refractivity contribution is 5.93. The predicted octanol–water partition coefficient (Wildman–Crippen LogP) is 4.40.